The van der Waals surface area contributed by atoms with E-state index in [1.807, 2.05) is 24.3 Å². The molecule has 0 spiro atoms. The third-order valence-electron chi connectivity index (χ3n) is 5.38. The number of para-hydroxylation sites is 1. The van der Waals surface area contributed by atoms with Gasteiger partial charge in [0, 0.05) is 29.7 Å². The number of phenols is 1. The molecule has 5 nitrogen and oxygen atoms in total. The second-order valence-corrected chi connectivity index (χ2v) is 8.15. The summed E-state index contributed by atoms with van der Waals surface area (Å²) in [6, 6.07) is 18.3. The highest BCUT2D eigenvalue weighted by atomic mass is 35.5. The molecule has 0 unspecified atom stereocenters. The minimum absolute atomic E-state index is 0.113. The lowest BCUT2D eigenvalue weighted by Crippen LogP contribution is -2.24. The number of halogens is 1. The van der Waals surface area contributed by atoms with Gasteiger partial charge in [-0.25, -0.2) is 4.68 Å². The van der Waals surface area contributed by atoms with Gasteiger partial charge in [0.1, 0.15) is 5.75 Å². The van der Waals surface area contributed by atoms with Crippen LogP contribution >= 0.6 is 11.6 Å². The van der Waals surface area contributed by atoms with Gasteiger partial charge in [-0.2, -0.15) is 5.10 Å². The van der Waals surface area contributed by atoms with Crippen molar-refractivity contribution < 1.29 is 5.11 Å². The molecule has 3 rings (SSSR count). The number of hydrogen-bond donors (Lipinski definition) is 1. The van der Waals surface area contributed by atoms with E-state index < -0.39 is 0 Å². The Hall–Kier alpha value is -2.63. The molecule has 0 amide bonds. The van der Waals surface area contributed by atoms with E-state index in [9.17, 15) is 9.90 Å². The van der Waals surface area contributed by atoms with Crippen LogP contribution in [0.2, 0.25) is 5.02 Å². The number of phenolic OH excluding ortho intramolecular Hbond substituents is 1. The molecule has 0 aliphatic carbocycles. The number of aryl methyl sites for hydroxylation is 1. The number of aromatic hydroxyl groups is 1. The SMILES string of the molecule is CCN(CCCCCCn1nc(-c2ccccc2O)ccc1=O)Cc1cccc(Cl)c1. The van der Waals surface area contributed by atoms with Crippen molar-refractivity contribution in [3.05, 3.63) is 81.6 Å². The van der Waals surface area contributed by atoms with Gasteiger partial charge in [-0.3, -0.25) is 9.69 Å². The molecule has 2 aromatic carbocycles. The summed E-state index contributed by atoms with van der Waals surface area (Å²) in [7, 11) is 0. The van der Waals surface area contributed by atoms with Crippen molar-refractivity contribution >= 4 is 11.6 Å². The predicted octanol–water partition coefficient (Wildman–Crippen LogP) is 5.35. The third-order valence-corrected chi connectivity index (χ3v) is 5.62. The Balaban J connectivity index is 1.44. The van der Waals surface area contributed by atoms with Gasteiger partial charge >= 0.3 is 0 Å². The molecule has 164 valence electrons. The summed E-state index contributed by atoms with van der Waals surface area (Å²) in [6.45, 7) is 5.73. The van der Waals surface area contributed by atoms with Crippen molar-refractivity contribution in [3.63, 3.8) is 0 Å². The van der Waals surface area contributed by atoms with Crippen LogP contribution in [0.4, 0.5) is 0 Å². The molecular formula is C25H30ClN3O2. The maximum Gasteiger partial charge on any atom is 0.266 e. The summed E-state index contributed by atoms with van der Waals surface area (Å²) in [5, 5.41) is 15.3. The van der Waals surface area contributed by atoms with Crippen molar-refractivity contribution in [1.82, 2.24) is 14.7 Å². The molecule has 0 aliphatic rings. The normalized spacial score (nSPS) is 11.2. The van der Waals surface area contributed by atoms with Crippen LogP contribution in [0.5, 0.6) is 5.75 Å². The monoisotopic (exact) mass is 439 g/mol. The van der Waals surface area contributed by atoms with Gasteiger partial charge in [0.05, 0.1) is 5.69 Å². The van der Waals surface area contributed by atoms with Crippen LogP contribution < -0.4 is 5.56 Å². The molecule has 31 heavy (non-hydrogen) atoms. The van der Waals surface area contributed by atoms with Crippen molar-refractivity contribution in [2.24, 2.45) is 0 Å². The molecule has 0 aliphatic heterocycles. The summed E-state index contributed by atoms with van der Waals surface area (Å²) in [4.78, 5) is 14.6. The average molecular weight is 440 g/mol. The van der Waals surface area contributed by atoms with Crippen LogP contribution in [0.3, 0.4) is 0 Å². The molecule has 1 N–H and O–H groups in total. The Morgan fingerprint density at radius 1 is 1.00 bits per heavy atom. The van der Waals surface area contributed by atoms with Crippen molar-refractivity contribution in [2.45, 2.75) is 45.7 Å². The number of rotatable bonds is 11. The first kappa shape index (κ1) is 23.0. The van der Waals surface area contributed by atoms with E-state index in [0.717, 1.165) is 50.3 Å². The van der Waals surface area contributed by atoms with Crippen molar-refractivity contribution in [1.29, 1.82) is 0 Å². The highest BCUT2D eigenvalue weighted by Gasteiger charge is 2.08. The van der Waals surface area contributed by atoms with Gasteiger partial charge in [-0.05, 0) is 61.8 Å². The summed E-state index contributed by atoms with van der Waals surface area (Å²) in [5.41, 5.74) is 2.37. The van der Waals surface area contributed by atoms with Gasteiger partial charge < -0.3 is 5.11 Å². The van der Waals surface area contributed by atoms with Gasteiger partial charge in [0.2, 0.25) is 0 Å². The largest absolute Gasteiger partial charge is 0.507 e. The lowest BCUT2D eigenvalue weighted by Gasteiger charge is -2.20. The number of aromatic nitrogens is 2. The first-order valence-corrected chi connectivity index (χ1v) is 11.3. The maximum absolute atomic E-state index is 12.2. The highest BCUT2D eigenvalue weighted by Crippen LogP contribution is 2.25. The molecule has 0 saturated carbocycles. The molecule has 0 radical (unpaired) electrons. The zero-order chi connectivity index (χ0) is 22.1. The fourth-order valence-electron chi connectivity index (χ4n) is 3.64. The number of benzene rings is 2. The quantitative estimate of drug-likeness (QED) is 0.409. The fraction of sp³-hybridized carbons (Fsp3) is 0.360. The van der Waals surface area contributed by atoms with E-state index >= 15 is 0 Å². The van der Waals surface area contributed by atoms with Crippen LogP contribution in [-0.2, 0) is 13.1 Å². The minimum Gasteiger partial charge on any atom is -0.507 e. The van der Waals surface area contributed by atoms with E-state index in [2.05, 4.69) is 23.0 Å². The second kappa shape index (κ2) is 11.7. The Kier molecular flexibility index (Phi) is 8.68. The molecule has 0 fully saturated rings. The zero-order valence-electron chi connectivity index (χ0n) is 18.0. The molecule has 1 heterocycles. The average Bonchev–Trinajstić information content (AvgIpc) is 2.77. The van der Waals surface area contributed by atoms with E-state index in [0.29, 0.717) is 17.8 Å². The lowest BCUT2D eigenvalue weighted by molar-refractivity contribution is 0.272. The Morgan fingerprint density at radius 2 is 1.81 bits per heavy atom. The molecule has 0 saturated heterocycles. The summed E-state index contributed by atoms with van der Waals surface area (Å²) in [6.07, 6.45) is 4.18. The summed E-state index contributed by atoms with van der Waals surface area (Å²) >= 11 is 6.09. The topological polar surface area (TPSA) is 58.4 Å². The molecule has 6 heteroatoms. The van der Waals surface area contributed by atoms with E-state index in [1.54, 1.807) is 24.3 Å². The molecule has 0 bridgehead atoms. The smallest absolute Gasteiger partial charge is 0.266 e. The first-order chi connectivity index (χ1) is 15.1. The standard InChI is InChI=1S/C25H30ClN3O2/c1-2-28(19-20-10-9-11-21(26)18-20)16-7-3-4-8-17-29-25(31)15-14-23(27-29)22-12-5-6-13-24(22)30/h5-6,9-15,18,30H,2-4,7-8,16-17,19H2,1H3. The number of nitrogens with zero attached hydrogens (tertiary/aromatic N) is 3. The van der Waals surface area contributed by atoms with Crippen LogP contribution in [0.1, 0.15) is 38.2 Å². The fourth-order valence-corrected chi connectivity index (χ4v) is 3.85. The van der Waals surface area contributed by atoms with Gasteiger partial charge in [-0.1, -0.05) is 55.6 Å². The van der Waals surface area contributed by atoms with E-state index in [4.69, 9.17) is 11.6 Å². The Bertz CT molecular complexity index is 1040. The lowest BCUT2D eigenvalue weighted by atomic mass is 10.1. The number of hydrogen-bond acceptors (Lipinski definition) is 4. The van der Waals surface area contributed by atoms with E-state index in [-0.39, 0.29) is 11.3 Å². The maximum atomic E-state index is 12.2. The molecule has 0 atom stereocenters. The van der Waals surface area contributed by atoms with Crippen LogP contribution in [0, 0.1) is 0 Å². The van der Waals surface area contributed by atoms with Crippen LogP contribution in [-0.4, -0.2) is 32.9 Å². The van der Waals surface area contributed by atoms with Crippen LogP contribution in [0.15, 0.2) is 65.5 Å². The second-order valence-electron chi connectivity index (χ2n) is 7.71. The van der Waals surface area contributed by atoms with Crippen molar-refractivity contribution in [3.8, 4) is 17.0 Å². The van der Waals surface area contributed by atoms with Gasteiger partial charge in [0.15, 0.2) is 0 Å². The summed E-state index contributed by atoms with van der Waals surface area (Å²) in [5.74, 6) is 0.165. The Morgan fingerprint density at radius 3 is 2.58 bits per heavy atom. The molecular weight excluding hydrogens is 410 g/mol. The van der Waals surface area contributed by atoms with Gasteiger partial charge in [-0.15, -0.1) is 0 Å². The van der Waals surface area contributed by atoms with E-state index in [1.165, 1.54) is 16.3 Å². The van der Waals surface area contributed by atoms with Crippen LogP contribution in [0.25, 0.3) is 11.3 Å². The summed E-state index contributed by atoms with van der Waals surface area (Å²) < 4.78 is 1.50. The molecule has 3 aromatic rings. The van der Waals surface area contributed by atoms with Crippen molar-refractivity contribution in [2.75, 3.05) is 13.1 Å². The minimum atomic E-state index is -0.113. The third kappa shape index (κ3) is 6.94. The molecule has 1 aromatic heterocycles. The zero-order valence-corrected chi connectivity index (χ0v) is 18.8. The first-order valence-electron chi connectivity index (χ1n) is 10.9. The predicted molar refractivity (Wildman–Crippen MR) is 126 cm³/mol. The number of unbranched alkanes of at least 4 members (excludes halogenated alkanes) is 3. The highest BCUT2D eigenvalue weighted by molar-refractivity contribution is 6.30. The Labute approximate surface area is 188 Å². The van der Waals surface area contributed by atoms with Gasteiger partial charge in [0.25, 0.3) is 5.56 Å².